The number of thiocarbonyl (C=S) groups is 1. The van der Waals surface area contributed by atoms with Gasteiger partial charge in [-0.05, 0) is 29.8 Å². The number of carbonyl (C=O) groups is 1. The van der Waals surface area contributed by atoms with E-state index in [9.17, 15) is 4.79 Å². The Kier molecular flexibility index (Phi) is 4.90. The molecule has 0 aliphatic carbocycles. The lowest BCUT2D eigenvalue weighted by Gasteiger charge is -2.10. The second kappa shape index (κ2) is 6.85. The van der Waals surface area contributed by atoms with Gasteiger partial charge in [0, 0.05) is 12.0 Å². The molecular formula is C16H16N2O2S. The Bertz CT molecular complexity index is 654. The Hall–Kier alpha value is -2.40. The van der Waals surface area contributed by atoms with E-state index in [1.807, 2.05) is 24.3 Å². The van der Waals surface area contributed by atoms with Gasteiger partial charge in [0.05, 0.1) is 17.8 Å². The Labute approximate surface area is 128 Å². The third-order valence-electron chi connectivity index (χ3n) is 2.95. The maximum absolute atomic E-state index is 12.2. The summed E-state index contributed by atoms with van der Waals surface area (Å²) in [4.78, 5) is 12.6. The van der Waals surface area contributed by atoms with E-state index in [0.717, 1.165) is 5.56 Å². The monoisotopic (exact) mass is 300 g/mol. The molecule has 5 heteroatoms. The van der Waals surface area contributed by atoms with Gasteiger partial charge in [0.15, 0.2) is 0 Å². The van der Waals surface area contributed by atoms with Crippen LogP contribution in [0.5, 0.6) is 5.75 Å². The third kappa shape index (κ3) is 4.03. The highest BCUT2D eigenvalue weighted by molar-refractivity contribution is 7.80. The fourth-order valence-corrected chi connectivity index (χ4v) is 2.08. The number of methoxy groups -OCH3 is 1. The van der Waals surface area contributed by atoms with Gasteiger partial charge in [-0.1, -0.05) is 36.5 Å². The smallest absolute Gasteiger partial charge is 0.255 e. The van der Waals surface area contributed by atoms with Gasteiger partial charge < -0.3 is 15.8 Å². The average molecular weight is 300 g/mol. The zero-order chi connectivity index (χ0) is 15.2. The van der Waals surface area contributed by atoms with Crippen LogP contribution in [0.15, 0.2) is 48.5 Å². The Balaban J connectivity index is 2.11. The largest absolute Gasteiger partial charge is 0.495 e. The molecule has 4 nitrogen and oxygen atoms in total. The van der Waals surface area contributed by atoms with Crippen molar-refractivity contribution >= 4 is 28.8 Å². The van der Waals surface area contributed by atoms with E-state index in [1.54, 1.807) is 31.4 Å². The number of benzene rings is 2. The van der Waals surface area contributed by atoms with Gasteiger partial charge in [0.1, 0.15) is 5.75 Å². The van der Waals surface area contributed by atoms with Gasteiger partial charge in [-0.2, -0.15) is 0 Å². The lowest BCUT2D eigenvalue weighted by atomic mass is 10.1. The number of ether oxygens (including phenoxy) is 1. The van der Waals surface area contributed by atoms with E-state index in [1.165, 1.54) is 0 Å². The molecule has 0 heterocycles. The van der Waals surface area contributed by atoms with Crippen LogP contribution in [-0.4, -0.2) is 18.0 Å². The van der Waals surface area contributed by atoms with Crippen molar-refractivity contribution in [1.82, 2.24) is 0 Å². The molecule has 108 valence electrons. The van der Waals surface area contributed by atoms with Crippen LogP contribution in [0.4, 0.5) is 5.69 Å². The third-order valence-corrected chi connectivity index (χ3v) is 3.09. The SMILES string of the molecule is COc1ccccc1NC(=O)c1ccc(CC(N)=S)cc1. The summed E-state index contributed by atoms with van der Waals surface area (Å²) in [5.41, 5.74) is 7.68. The predicted octanol–water partition coefficient (Wildman–Crippen LogP) is 2.78. The quantitative estimate of drug-likeness (QED) is 0.833. The number of hydrogen-bond donors (Lipinski definition) is 2. The molecule has 0 aliphatic heterocycles. The molecule has 2 aromatic rings. The van der Waals surface area contributed by atoms with Crippen molar-refractivity contribution in [3.63, 3.8) is 0 Å². The minimum Gasteiger partial charge on any atom is -0.495 e. The van der Waals surface area contributed by atoms with Crippen molar-refractivity contribution < 1.29 is 9.53 Å². The van der Waals surface area contributed by atoms with Crippen molar-refractivity contribution in [3.8, 4) is 5.75 Å². The maximum Gasteiger partial charge on any atom is 0.255 e. The Morgan fingerprint density at radius 3 is 2.48 bits per heavy atom. The van der Waals surface area contributed by atoms with Gasteiger partial charge in [-0.3, -0.25) is 4.79 Å². The van der Waals surface area contributed by atoms with Crippen molar-refractivity contribution in [1.29, 1.82) is 0 Å². The zero-order valence-corrected chi connectivity index (χ0v) is 12.4. The zero-order valence-electron chi connectivity index (χ0n) is 11.6. The lowest BCUT2D eigenvalue weighted by Crippen LogP contribution is -2.13. The molecule has 0 unspecified atom stereocenters. The summed E-state index contributed by atoms with van der Waals surface area (Å²) >= 11 is 4.86. The summed E-state index contributed by atoms with van der Waals surface area (Å²) in [6, 6.07) is 14.4. The topological polar surface area (TPSA) is 64.3 Å². The minimum atomic E-state index is -0.193. The number of nitrogens with two attached hydrogens (primary N) is 1. The van der Waals surface area contributed by atoms with Crippen LogP contribution in [-0.2, 0) is 6.42 Å². The highest BCUT2D eigenvalue weighted by Gasteiger charge is 2.09. The summed E-state index contributed by atoms with van der Waals surface area (Å²) in [5, 5.41) is 2.82. The Morgan fingerprint density at radius 1 is 1.19 bits per heavy atom. The van der Waals surface area contributed by atoms with Crippen molar-refractivity contribution in [2.45, 2.75) is 6.42 Å². The van der Waals surface area contributed by atoms with E-state index in [0.29, 0.717) is 28.4 Å². The van der Waals surface area contributed by atoms with Crippen molar-refractivity contribution in [2.24, 2.45) is 5.73 Å². The molecule has 0 aliphatic rings. The number of amides is 1. The molecule has 1 amide bonds. The first-order valence-electron chi connectivity index (χ1n) is 6.42. The summed E-state index contributed by atoms with van der Waals surface area (Å²) < 4.78 is 5.20. The summed E-state index contributed by atoms with van der Waals surface area (Å²) in [6.07, 6.45) is 0.531. The van der Waals surface area contributed by atoms with E-state index in [2.05, 4.69) is 5.32 Å². The second-order valence-corrected chi connectivity index (χ2v) is 5.02. The standard InChI is InChI=1S/C16H16N2O2S/c1-20-14-5-3-2-4-13(14)18-16(19)12-8-6-11(7-9-12)10-15(17)21/h2-9H,10H2,1H3,(H2,17,21)(H,18,19). The van der Waals surface area contributed by atoms with E-state index >= 15 is 0 Å². The van der Waals surface area contributed by atoms with Gasteiger partial charge in [0.25, 0.3) is 5.91 Å². The molecular weight excluding hydrogens is 284 g/mol. The average Bonchev–Trinajstić information content (AvgIpc) is 2.48. The molecule has 0 radical (unpaired) electrons. The maximum atomic E-state index is 12.2. The Morgan fingerprint density at radius 2 is 1.86 bits per heavy atom. The highest BCUT2D eigenvalue weighted by Crippen LogP contribution is 2.23. The van der Waals surface area contributed by atoms with E-state index < -0.39 is 0 Å². The normalized spacial score (nSPS) is 9.95. The molecule has 0 bridgehead atoms. The van der Waals surface area contributed by atoms with Crippen molar-refractivity contribution in [2.75, 3.05) is 12.4 Å². The summed E-state index contributed by atoms with van der Waals surface area (Å²) in [5.74, 6) is 0.428. The molecule has 0 saturated carbocycles. The van der Waals surface area contributed by atoms with Crippen LogP contribution >= 0.6 is 12.2 Å². The number of nitrogens with one attached hydrogen (secondary N) is 1. The minimum absolute atomic E-state index is 0.193. The van der Waals surface area contributed by atoms with Crippen LogP contribution in [0.2, 0.25) is 0 Å². The first kappa shape index (κ1) is 15.0. The van der Waals surface area contributed by atoms with Gasteiger partial charge in [-0.15, -0.1) is 0 Å². The van der Waals surface area contributed by atoms with Crippen LogP contribution in [0.3, 0.4) is 0 Å². The lowest BCUT2D eigenvalue weighted by molar-refractivity contribution is 0.102. The molecule has 0 aromatic heterocycles. The van der Waals surface area contributed by atoms with Gasteiger partial charge in [0.2, 0.25) is 0 Å². The highest BCUT2D eigenvalue weighted by atomic mass is 32.1. The van der Waals surface area contributed by atoms with Crippen LogP contribution in [0.25, 0.3) is 0 Å². The molecule has 0 spiro atoms. The van der Waals surface area contributed by atoms with Gasteiger partial charge in [-0.25, -0.2) is 0 Å². The molecule has 3 N–H and O–H groups in total. The number of rotatable bonds is 5. The van der Waals surface area contributed by atoms with Crippen LogP contribution in [0.1, 0.15) is 15.9 Å². The second-order valence-electron chi connectivity index (χ2n) is 4.49. The van der Waals surface area contributed by atoms with E-state index in [-0.39, 0.29) is 5.91 Å². The first-order valence-corrected chi connectivity index (χ1v) is 6.82. The fraction of sp³-hybridized carbons (Fsp3) is 0.125. The number of hydrogen-bond acceptors (Lipinski definition) is 3. The number of para-hydroxylation sites is 2. The first-order chi connectivity index (χ1) is 10.1. The molecule has 2 aromatic carbocycles. The summed E-state index contributed by atoms with van der Waals surface area (Å²) in [6.45, 7) is 0. The number of carbonyl (C=O) groups excluding carboxylic acids is 1. The number of anilines is 1. The van der Waals surface area contributed by atoms with E-state index in [4.69, 9.17) is 22.7 Å². The predicted molar refractivity (Wildman–Crippen MR) is 87.9 cm³/mol. The van der Waals surface area contributed by atoms with Crippen molar-refractivity contribution in [3.05, 3.63) is 59.7 Å². The molecule has 2 rings (SSSR count). The van der Waals surface area contributed by atoms with Crippen LogP contribution in [0, 0.1) is 0 Å². The van der Waals surface area contributed by atoms with Gasteiger partial charge >= 0.3 is 0 Å². The van der Waals surface area contributed by atoms with Crippen LogP contribution < -0.4 is 15.8 Å². The summed E-state index contributed by atoms with van der Waals surface area (Å²) in [7, 11) is 1.56. The molecule has 21 heavy (non-hydrogen) atoms. The molecule has 0 fully saturated rings. The molecule has 0 atom stereocenters. The fourth-order valence-electron chi connectivity index (χ4n) is 1.92. The molecule has 0 saturated heterocycles.